The predicted octanol–water partition coefficient (Wildman–Crippen LogP) is 3.66. The normalized spacial score (nSPS) is 19.2. The van der Waals surface area contributed by atoms with Crippen LogP contribution in [-0.2, 0) is 10.0 Å². The summed E-state index contributed by atoms with van der Waals surface area (Å²) in [4.78, 5) is 12.7. The van der Waals surface area contributed by atoms with E-state index in [4.69, 9.17) is 9.15 Å². The van der Waals surface area contributed by atoms with Gasteiger partial charge >= 0.3 is 6.01 Å². The molecule has 4 rings (SSSR count). The third-order valence-corrected chi connectivity index (χ3v) is 7.42. The van der Waals surface area contributed by atoms with Crippen molar-refractivity contribution in [1.29, 1.82) is 0 Å². The van der Waals surface area contributed by atoms with Gasteiger partial charge in [-0.25, -0.2) is 8.42 Å². The molecule has 1 fully saturated rings. The molecule has 2 atom stereocenters. The SMILES string of the molecule is COc1ccc(-c2nnc(NC(=O)c3ccc(S(=O)(=O)N4C[C@H](C)C[C@@H](C)C4)cc3)o2)cc1. The first-order valence-electron chi connectivity index (χ1n) is 10.7. The van der Waals surface area contributed by atoms with Crippen molar-refractivity contribution < 1.29 is 22.4 Å². The maximum absolute atomic E-state index is 13.0. The number of hydrogen-bond acceptors (Lipinski definition) is 7. The number of rotatable bonds is 6. The molecule has 1 N–H and O–H groups in total. The number of methoxy groups -OCH3 is 1. The fraction of sp³-hybridized carbons (Fsp3) is 0.348. The Morgan fingerprint density at radius 1 is 1.03 bits per heavy atom. The van der Waals surface area contributed by atoms with Gasteiger partial charge in [0.1, 0.15) is 5.75 Å². The molecular weight excluding hydrogens is 444 g/mol. The van der Waals surface area contributed by atoms with Crippen LogP contribution in [0.5, 0.6) is 5.75 Å². The Bertz CT molecular complexity index is 1210. The van der Waals surface area contributed by atoms with Gasteiger partial charge in [0.05, 0.1) is 12.0 Å². The van der Waals surface area contributed by atoms with Crippen LogP contribution in [0.4, 0.5) is 6.01 Å². The number of ether oxygens (including phenoxy) is 1. The summed E-state index contributed by atoms with van der Waals surface area (Å²) in [6.45, 7) is 5.12. The first kappa shape index (κ1) is 22.9. The molecule has 1 aliphatic heterocycles. The van der Waals surface area contributed by atoms with Crippen molar-refractivity contribution in [3.05, 3.63) is 54.1 Å². The van der Waals surface area contributed by atoms with Crippen molar-refractivity contribution in [3.63, 3.8) is 0 Å². The maximum atomic E-state index is 13.0. The summed E-state index contributed by atoms with van der Waals surface area (Å²) in [7, 11) is -2.03. The second kappa shape index (κ2) is 9.32. The van der Waals surface area contributed by atoms with Crippen LogP contribution in [0, 0.1) is 11.8 Å². The summed E-state index contributed by atoms with van der Waals surface area (Å²) < 4.78 is 38.2. The molecule has 0 bridgehead atoms. The monoisotopic (exact) mass is 470 g/mol. The average molecular weight is 471 g/mol. The molecule has 0 aliphatic carbocycles. The first-order valence-corrected chi connectivity index (χ1v) is 12.1. The Balaban J connectivity index is 1.44. The lowest BCUT2D eigenvalue weighted by Crippen LogP contribution is -2.42. The molecule has 0 spiro atoms. The number of amides is 1. The van der Waals surface area contributed by atoms with Crippen LogP contribution in [0.2, 0.25) is 0 Å². The second-order valence-corrected chi connectivity index (χ2v) is 10.3. The Kier molecular flexibility index (Phi) is 6.48. The Morgan fingerprint density at radius 3 is 2.27 bits per heavy atom. The molecule has 0 saturated carbocycles. The molecule has 2 aromatic carbocycles. The highest BCUT2D eigenvalue weighted by molar-refractivity contribution is 7.89. The zero-order valence-electron chi connectivity index (χ0n) is 18.7. The van der Waals surface area contributed by atoms with Crippen LogP contribution in [0.3, 0.4) is 0 Å². The van der Waals surface area contributed by atoms with Crippen LogP contribution < -0.4 is 10.1 Å². The summed E-state index contributed by atoms with van der Waals surface area (Å²) >= 11 is 0. The fourth-order valence-electron chi connectivity index (χ4n) is 4.02. The minimum Gasteiger partial charge on any atom is -0.497 e. The van der Waals surface area contributed by atoms with E-state index < -0.39 is 15.9 Å². The molecule has 2 heterocycles. The molecule has 1 amide bonds. The predicted molar refractivity (Wildman–Crippen MR) is 122 cm³/mol. The lowest BCUT2D eigenvalue weighted by Gasteiger charge is -2.34. The maximum Gasteiger partial charge on any atom is 0.322 e. The third kappa shape index (κ3) is 5.07. The van der Waals surface area contributed by atoms with E-state index in [2.05, 4.69) is 29.4 Å². The van der Waals surface area contributed by atoms with E-state index >= 15 is 0 Å². The summed E-state index contributed by atoms with van der Waals surface area (Å²) in [6.07, 6.45) is 1.01. The number of anilines is 1. The number of piperidine rings is 1. The molecule has 1 aliphatic rings. The summed E-state index contributed by atoms with van der Waals surface area (Å²) in [6, 6.07) is 12.8. The van der Waals surface area contributed by atoms with Gasteiger partial charge in [0, 0.05) is 24.2 Å². The van der Waals surface area contributed by atoms with E-state index in [1.54, 1.807) is 31.4 Å². The van der Waals surface area contributed by atoms with Crippen LogP contribution in [0.25, 0.3) is 11.5 Å². The van der Waals surface area contributed by atoms with E-state index in [0.29, 0.717) is 36.2 Å². The minimum absolute atomic E-state index is 0.0567. The van der Waals surface area contributed by atoms with Gasteiger partial charge in [-0.2, -0.15) is 4.31 Å². The molecule has 3 aromatic rings. The molecule has 33 heavy (non-hydrogen) atoms. The Morgan fingerprint density at radius 2 is 1.67 bits per heavy atom. The Hall–Kier alpha value is -3.24. The number of nitrogens with zero attached hydrogens (tertiary/aromatic N) is 3. The molecule has 1 aromatic heterocycles. The molecule has 174 valence electrons. The lowest BCUT2D eigenvalue weighted by molar-refractivity contribution is 0.102. The first-order chi connectivity index (χ1) is 15.8. The van der Waals surface area contributed by atoms with Gasteiger partial charge < -0.3 is 9.15 Å². The molecule has 9 nitrogen and oxygen atoms in total. The fourth-order valence-corrected chi connectivity index (χ4v) is 5.70. The number of sulfonamides is 1. The highest BCUT2D eigenvalue weighted by Gasteiger charge is 2.31. The number of hydrogen-bond donors (Lipinski definition) is 1. The van der Waals surface area contributed by atoms with Gasteiger partial charge in [-0.15, -0.1) is 5.10 Å². The minimum atomic E-state index is -3.61. The van der Waals surface area contributed by atoms with Gasteiger partial charge in [0.2, 0.25) is 15.9 Å². The molecular formula is C23H26N4O5S. The van der Waals surface area contributed by atoms with Crippen molar-refractivity contribution in [2.24, 2.45) is 11.8 Å². The Labute approximate surface area is 192 Å². The number of aromatic nitrogens is 2. The number of nitrogens with one attached hydrogen (secondary N) is 1. The smallest absolute Gasteiger partial charge is 0.322 e. The summed E-state index contributed by atoms with van der Waals surface area (Å²) in [5.41, 5.74) is 0.957. The van der Waals surface area contributed by atoms with E-state index in [0.717, 1.165) is 6.42 Å². The zero-order valence-corrected chi connectivity index (χ0v) is 19.5. The highest BCUT2D eigenvalue weighted by Crippen LogP contribution is 2.27. The van der Waals surface area contributed by atoms with E-state index in [-0.39, 0.29) is 22.4 Å². The molecule has 0 unspecified atom stereocenters. The standard InChI is InChI=1S/C23H26N4O5S/c1-15-12-16(2)14-27(13-15)33(29,30)20-10-6-17(7-11-20)21(28)24-23-26-25-22(32-23)18-4-8-19(31-3)9-5-18/h4-11,15-16H,12-14H2,1-3H3,(H,24,26,28)/t15-,16-/m1/s1. The van der Waals surface area contributed by atoms with Gasteiger partial charge in [-0.1, -0.05) is 18.9 Å². The molecule has 10 heteroatoms. The van der Waals surface area contributed by atoms with Gasteiger partial charge in [-0.3, -0.25) is 10.1 Å². The van der Waals surface area contributed by atoms with Crippen LogP contribution in [-0.4, -0.2) is 49.0 Å². The van der Waals surface area contributed by atoms with Crippen LogP contribution in [0.1, 0.15) is 30.6 Å². The summed E-state index contributed by atoms with van der Waals surface area (Å²) in [5, 5.41) is 10.3. The topological polar surface area (TPSA) is 115 Å². The second-order valence-electron chi connectivity index (χ2n) is 8.39. The zero-order chi connectivity index (χ0) is 23.6. The van der Waals surface area contributed by atoms with Gasteiger partial charge in [-0.05, 0) is 66.8 Å². The largest absolute Gasteiger partial charge is 0.497 e. The van der Waals surface area contributed by atoms with Crippen molar-refractivity contribution >= 4 is 21.9 Å². The molecule has 0 radical (unpaired) electrons. The van der Waals surface area contributed by atoms with Gasteiger partial charge in [0.25, 0.3) is 5.91 Å². The van der Waals surface area contributed by atoms with E-state index in [9.17, 15) is 13.2 Å². The van der Waals surface area contributed by atoms with Crippen molar-refractivity contribution in [1.82, 2.24) is 14.5 Å². The van der Waals surface area contributed by atoms with Crippen LogP contribution in [0.15, 0.2) is 57.8 Å². The number of carbonyl (C=O) groups is 1. The average Bonchev–Trinajstić information content (AvgIpc) is 3.27. The van der Waals surface area contributed by atoms with E-state index in [1.807, 2.05) is 0 Å². The molecule has 1 saturated heterocycles. The quantitative estimate of drug-likeness (QED) is 0.585. The number of carbonyl (C=O) groups excluding carboxylic acids is 1. The van der Waals surface area contributed by atoms with Crippen molar-refractivity contribution in [2.75, 3.05) is 25.5 Å². The summed E-state index contributed by atoms with van der Waals surface area (Å²) in [5.74, 6) is 1.08. The van der Waals surface area contributed by atoms with Crippen LogP contribution >= 0.6 is 0 Å². The van der Waals surface area contributed by atoms with E-state index in [1.165, 1.54) is 28.6 Å². The lowest BCUT2D eigenvalue weighted by atomic mass is 9.94. The van der Waals surface area contributed by atoms with Gasteiger partial charge in [0.15, 0.2) is 0 Å². The van der Waals surface area contributed by atoms with Crippen molar-refractivity contribution in [3.8, 4) is 17.2 Å². The highest BCUT2D eigenvalue weighted by atomic mass is 32.2. The third-order valence-electron chi connectivity index (χ3n) is 5.57. The number of benzene rings is 2. The van der Waals surface area contributed by atoms with Crippen molar-refractivity contribution in [2.45, 2.75) is 25.2 Å².